The van der Waals surface area contributed by atoms with Gasteiger partial charge in [0.05, 0.1) is 28.9 Å². The minimum Gasteiger partial charge on any atom is -0.507 e. The molecule has 8 heteroatoms. The smallest absolute Gasteiger partial charge is 0.301 e. The monoisotopic (exact) mass is 576 g/mol. The minimum atomic E-state index is -0.941. The molecule has 2 heterocycles. The number of carbonyl (C=O) groups is 2. The molecule has 1 aliphatic heterocycles. The van der Waals surface area contributed by atoms with Gasteiger partial charge < -0.3 is 14.6 Å². The van der Waals surface area contributed by atoms with Gasteiger partial charge >= 0.3 is 5.91 Å². The van der Waals surface area contributed by atoms with Gasteiger partial charge in [-0.1, -0.05) is 84.1 Å². The van der Waals surface area contributed by atoms with Crippen LogP contribution in [0.25, 0.3) is 16.0 Å². The summed E-state index contributed by atoms with van der Waals surface area (Å²) in [4.78, 5) is 33.5. The Bertz CT molecular complexity index is 1850. The third kappa shape index (κ3) is 4.90. The van der Waals surface area contributed by atoms with E-state index < -0.39 is 17.7 Å². The predicted molar refractivity (Wildman–Crippen MR) is 164 cm³/mol. The lowest BCUT2D eigenvalue weighted by Gasteiger charge is -2.24. The number of aryl methyl sites for hydroxylation is 2. The number of hydrogen-bond donors (Lipinski definition) is 1. The molecule has 7 nitrogen and oxygen atoms in total. The van der Waals surface area contributed by atoms with E-state index in [2.05, 4.69) is 0 Å². The van der Waals surface area contributed by atoms with E-state index in [4.69, 9.17) is 14.5 Å². The van der Waals surface area contributed by atoms with Crippen LogP contribution < -0.4 is 14.4 Å². The fourth-order valence-electron chi connectivity index (χ4n) is 5.27. The summed E-state index contributed by atoms with van der Waals surface area (Å²) in [6.07, 6.45) is 0. The van der Waals surface area contributed by atoms with Crippen LogP contribution >= 0.6 is 11.3 Å². The Morgan fingerprint density at radius 2 is 1.64 bits per heavy atom. The van der Waals surface area contributed by atoms with Crippen molar-refractivity contribution >= 4 is 44.1 Å². The van der Waals surface area contributed by atoms with Crippen molar-refractivity contribution in [2.24, 2.45) is 0 Å². The van der Waals surface area contributed by atoms with Crippen LogP contribution in [-0.2, 0) is 16.2 Å². The van der Waals surface area contributed by atoms with Crippen LogP contribution in [0.15, 0.2) is 96.6 Å². The number of amides is 1. The molecule has 4 aromatic carbocycles. The van der Waals surface area contributed by atoms with Crippen LogP contribution in [0.3, 0.4) is 0 Å². The molecule has 5 aromatic rings. The van der Waals surface area contributed by atoms with Crippen molar-refractivity contribution in [1.29, 1.82) is 0 Å². The lowest BCUT2D eigenvalue weighted by Crippen LogP contribution is -2.29. The van der Waals surface area contributed by atoms with Gasteiger partial charge in [0.25, 0.3) is 5.78 Å². The second-order valence-electron chi connectivity index (χ2n) is 10.1. The summed E-state index contributed by atoms with van der Waals surface area (Å²) in [5.41, 5.74) is 4.82. The first-order valence-electron chi connectivity index (χ1n) is 13.4. The fourth-order valence-corrected chi connectivity index (χ4v) is 6.44. The molecule has 6 rings (SSSR count). The summed E-state index contributed by atoms with van der Waals surface area (Å²) in [6.45, 7) is 4.32. The van der Waals surface area contributed by atoms with Crippen LogP contribution in [0, 0.1) is 13.8 Å². The maximum absolute atomic E-state index is 13.7. The van der Waals surface area contributed by atoms with Gasteiger partial charge in [-0.05, 0) is 54.3 Å². The zero-order valence-electron chi connectivity index (χ0n) is 23.3. The number of aromatic nitrogens is 1. The summed E-state index contributed by atoms with van der Waals surface area (Å²) >= 11 is 1.34. The molecule has 0 saturated carbocycles. The number of methoxy groups -OCH3 is 1. The van der Waals surface area contributed by atoms with Gasteiger partial charge in [0.15, 0.2) is 16.6 Å². The van der Waals surface area contributed by atoms with Crippen LogP contribution in [-0.4, -0.2) is 28.9 Å². The number of nitrogens with zero attached hydrogens (tertiary/aromatic N) is 2. The Morgan fingerprint density at radius 3 is 2.36 bits per heavy atom. The third-order valence-electron chi connectivity index (χ3n) is 7.26. The van der Waals surface area contributed by atoms with E-state index in [1.807, 2.05) is 62.4 Å². The molecule has 1 atom stereocenters. The van der Waals surface area contributed by atoms with E-state index in [0.717, 1.165) is 26.9 Å². The van der Waals surface area contributed by atoms with Crippen molar-refractivity contribution in [3.8, 4) is 11.5 Å². The number of hydrogen-bond acceptors (Lipinski definition) is 7. The van der Waals surface area contributed by atoms with Crippen molar-refractivity contribution in [1.82, 2.24) is 4.98 Å². The highest BCUT2D eigenvalue weighted by Gasteiger charge is 2.48. The lowest BCUT2D eigenvalue weighted by atomic mass is 9.95. The highest BCUT2D eigenvalue weighted by Crippen LogP contribution is 2.46. The minimum absolute atomic E-state index is 0.0154. The van der Waals surface area contributed by atoms with E-state index in [1.165, 1.54) is 23.3 Å². The number of thiazole rings is 1. The van der Waals surface area contributed by atoms with Crippen molar-refractivity contribution in [3.05, 3.63) is 124 Å². The Balaban J connectivity index is 1.49. The van der Waals surface area contributed by atoms with Gasteiger partial charge in [-0.25, -0.2) is 4.98 Å². The third-order valence-corrected chi connectivity index (χ3v) is 8.26. The van der Waals surface area contributed by atoms with E-state index in [1.54, 1.807) is 42.5 Å². The largest absolute Gasteiger partial charge is 0.507 e. The normalized spacial score (nSPS) is 16.3. The van der Waals surface area contributed by atoms with Crippen molar-refractivity contribution < 1.29 is 24.2 Å². The number of anilines is 1. The van der Waals surface area contributed by atoms with Crippen LogP contribution in [0.1, 0.15) is 33.9 Å². The lowest BCUT2D eigenvalue weighted by molar-refractivity contribution is -0.132. The zero-order chi connectivity index (χ0) is 29.4. The van der Waals surface area contributed by atoms with E-state index in [-0.39, 0.29) is 11.3 Å². The average molecular weight is 577 g/mol. The van der Waals surface area contributed by atoms with Crippen LogP contribution in [0.5, 0.6) is 11.5 Å². The summed E-state index contributed by atoms with van der Waals surface area (Å²) in [6, 6.07) is 26.9. The maximum Gasteiger partial charge on any atom is 0.301 e. The number of carbonyl (C=O) groups excluding carboxylic acids is 2. The van der Waals surface area contributed by atoms with Crippen LogP contribution in [0.4, 0.5) is 5.13 Å². The number of ether oxygens (including phenoxy) is 2. The molecule has 0 spiro atoms. The number of aliphatic hydroxyl groups excluding tert-OH is 1. The number of ketones is 1. The highest BCUT2D eigenvalue weighted by atomic mass is 32.1. The van der Waals surface area contributed by atoms with Crippen molar-refractivity contribution in [3.63, 3.8) is 0 Å². The van der Waals surface area contributed by atoms with Crippen LogP contribution in [0.2, 0.25) is 0 Å². The Morgan fingerprint density at radius 1 is 0.929 bits per heavy atom. The van der Waals surface area contributed by atoms with Gasteiger partial charge in [-0.15, -0.1) is 0 Å². The quantitative estimate of drug-likeness (QED) is 0.126. The van der Waals surface area contributed by atoms with Gasteiger partial charge in [0.2, 0.25) is 0 Å². The summed E-state index contributed by atoms with van der Waals surface area (Å²) in [5.74, 6) is -0.843. The molecule has 210 valence electrons. The van der Waals surface area contributed by atoms with E-state index in [9.17, 15) is 14.7 Å². The molecule has 1 unspecified atom stereocenters. The molecule has 1 saturated heterocycles. The second kappa shape index (κ2) is 11.1. The molecule has 1 amide bonds. The number of Topliss-reactive ketones (excluding diaryl/α,β-unsaturated/α-hetero) is 1. The molecule has 42 heavy (non-hydrogen) atoms. The maximum atomic E-state index is 13.7. The van der Waals surface area contributed by atoms with Gasteiger partial charge in [0.1, 0.15) is 12.4 Å². The summed E-state index contributed by atoms with van der Waals surface area (Å²) < 4.78 is 12.6. The molecule has 0 bridgehead atoms. The van der Waals surface area contributed by atoms with Gasteiger partial charge in [0, 0.05) is 5.56 Å². The first kappa shape index (κ1) is 27.2. The van der Waals surface area contributed by atoms with E-state index >= 15 is 0 Å². The summed E-state index contributed by atoms with van der Waals surface area (Å²) in [5, 5.41) is 11.8. The Kier molecular flexibility index (Phi) is 7.22. The molecule has 1 N–H and O–H groups in total. The van der Waals surface area contributed by atoms with Crippen molar-refractivity contribution in [2.45, 2.75) is 26.5 Å². The topological polar surface area (TPSA) is 89.0 Å². The highest BCUT2D eigenvalue weighted by molar-refractivity contribution is 7.22. The number of fused-ring (bicyclic) bond motifs is 1. The number of benzene rings is 4. The molecule has 0 radical (unpaired) electrons. The Hall–Kier alpha value is -4.95. The molecule has 1 aliphatic rings. The first-order valence-corrected chi connectivity index (χ1v) is 14.3. The number of aliphatic hydroxyl groups is 1. The fraction of sp³-hybridized carbons (Fsp3) is 0.147. The molecule has 1 fully saturated rings. The second-order valence-corrected chi connectivity index (χ2v) is 11.2. The van der Waals surface area contributed by atoms with E-state index in [0.29, 0.717) is 34.4 Å². The van der Waals surface area contributed by atoms with Gasteiger partial charge in [-0.2, -0.15) is 0 Å². The molecular formula is C34H28N2O5S. The number of rotatable bonds is 7. The molecule has 1 aromatic heterocycles. The van der Waals surface area contributed by atoms with Gasteiger partial charge in [-0.3, -0.25) is 14.5 Å². The Labute approximate surface area is 247 Å². The zero-order valence-corrected chi connectivity index (χ0v) is 24.1. The molecular weight excluding hydrogens is 548 g/mol. The SMILES string of the molecule is COc1cc(C2C(=C(O)c3ccccc3)C(=O)C(=O)N2c2nc3c(C)cc(C)cc3s2)ccc1OCc1ccccc1. The predicted octanol–water partition coefficient (Wildman–Crippen LogP) is 7.13. The standard InChI is InChI=1S/C34H28N2O5S/c1-20-16-21(2)29-27(17-20)42-34(35-29)36-30(28(32(38)33(36)39)31(37)23-12-8-5-9-13-23)24-14-15-25(26(18-24)40-3)41-19-22-10-6-4-7-11-22/h4-18,30,37H,19H2,1-3H3. The average Bonchev–Trinajstić information content (AvgIpc) is 3.54. The van der Waals surface area contributed by atoms with Crippen molar-refractivity contribution in [2.75, 3.05) is 12.0 Å². The summed E-state index contributed by atoms with van der Waals surface area (Å²) in [7, 11) is 1.54. The molecule has 0 aliphatic carbocycles. The first-order chi connectivity index (χ1) is 20.4.